The van der Waals surface area contributed by atoms with Crippen molar-refractivity contribution in [2.75, 3.05) is 4.93 Å². The molecule has 4 heteroatoms. The van der Waals surface area contributed by atoms with Crippen molar-refractivity contribution in [2.45, 2.75) is 6.92 Å². The van der Waals surface area contributed by atoms with E-state index in [2.05, 4.69) is 114 Å². The fourth-order valence-corrected chi connectivity index (χ4v) is 6.92. The summed E-state index contributed by atoms with van der Waals surface area (Å²) in [5.74, 6) is 0. The number of hydrogen-bond donors (Lipinski definition) is 0. The summed E-state index contributed by atoms with van der Waals surface area (Å²) in [6.45, 7) is 6.66. The van der Waals surface area contributed by atoms with Gasteiger partial charge in [-0.25, -0.2) is 0 Å². The summed E-state index contributed by atoms with van der Waals surface area (Å²) in [5, 5.41) is 7.52. The molecule has 0 N–H and O–H groups in total. The number of aromatic nitrogens is 2. The molecule has 3 aromatic carbocycles. The summed E-state index contributed by atoms with van der Waals surface area (Å²) in [7, 11) is 0. The third kappa shape index (κ3) is 2.57. The van der Waals surface area contributed by atoms with Gasteiger partial charge in [0, 0.05) is 0 Å². The maximum atomic E-state index is 4.40. The van der Waals surface area contributed by atoms with Gasteiger partial charge in [0.15, 0.2) is 0 Å². The van der Waals surface area contributed by atoms with Gasteiger partial charge in [-0.3, -0.25) is 0 Å². The Labute approximate surface area is 188 Å². The molecule has 140 valence electrons. The number of nitrogens with zero attached hydrogens (tertiary/aromatic N) is 2. The van der Waals surface area contributed by atoms with Crippen LogP contribution in [0.4, 0.5) is 0 Å². The van der Waals surface area contributed by atoms with Crippen LogP contribution in [0.1, 0.15) is 11.3 Å². The van der Waals surface area contributed by atoms with Crippen molar-refractivity contribution in [3.63, 3.8) is 0 Å². The topological polar surface area (TPSA) is 9.86 Å². The van der Waals surface area contributed by atoms with E-state index >= 15 is 0 Å². The number of halogens is 2. The first-order valence-electron chi connectivity index (χ1n) is 9.11. The van der Waals surface area contributed by atoms with Gasteiger partial charge in [-0.05, 0) is 0 Å². The van der Waals surface area contributed by atoms with Crippen LogP contribution in [0, 0.1) is 6.92 Å². The van der Waals surface area contributed by atoms with Gasteiger partial charge in [0.25, 0.3) is 0 Å². The second-order valence-corrected chi connectivity index (χ2v) is 9.84. The van der Waals surface area contributed by atoms with E-state index in [-0.39, 0.29) is 21.5 Å². The van der Waals surface area contributed by atoms with E-state index in [9.17, 15) is 0 Å². The molecule has 5 rings (SSSR count). The first-order chi connectivity index (χ1) is 13.6. The third-order valence-electron chi connectivity index (χ3n) is 5.49. The number of para-hydroxylation sites is 1. The van der Waals surface area contributed by atoms with Crippen LogP contribution in [0.5, 0.6) is 0 Å². The predicted molar refractivity (Wildman–Crippen MR) is 125 cm³/mol. The Morgan fingerprint density at radius 2 is 1.64 bits per heavy atom. The number of hydrogen-bond acceptors (Lipinski definition) is 0. The van der Waals surface area contributed by atoms with Crippen LogP contribution in [-0.2, 0) is 0 Å². The molecule has 0 saturated heterocycles. The quantitative estimate of drug-likeness (QED) is 0.221. The molecule has 0 amide bonds. The van der Waals surface area contributed by atoms with Crippen LogP contribution < -0.4 is 32.0 Å². The van der Waals surface area contributed by atoms with Crippen molar-refractivity contribution >= 4 is 68.1 Å². The first-order valence-corrected chi connectivity index (χ1v) is 13.2. The molecule has 0 fully saturated rings. The maximum absolute atomic E-state index is 4.40. The normalized spacial score (nSPS) is 12.8. The molecule has 2 heterocycles. The zero-order valence-electron chi connectivity index (χ0n) is 15.7. The molecule has 5 aromatic rings. The van der Waals surface area contributed by atoms with Gasteiger partial charge >= 0.3 is 189 Å². The number of fused-ring (bicyclic) bond motifs is 4. The molecule has 2 aromatic heterocycles. The van der Waals surface area contributed by atoms with Crippen LogP contribution in [0.3, 0.4) is 0 Å². The summed E-state index contributed by atoms with van der Waals surface area (Å²) in [5.41, 5.74) is 5.23. The Balaban J connectivity index is 1.93. The second kappa shape index (κ2) is 6.91. The van der Waals surface area contributed by atoms with Crippen LogP contribution in [0.25, 0.3) is 45.2 Å². The van der Waals surface area contributed by atoms with Gasteiger partial charge in [0.2, 0.25) is 0 Å². The molecular formula is C24H19I2N2-. The molecule has 0 aliphatic rings. The van der Waals surface area contributed by atoms with Gasteiger partial charge in [-0.15, -0.1) is 0 Å². The molecule has 0 aliphatic carbocycles. The zero-order chi connectivity index (χ0) is 19.4. The summed E-state index contributed by atoms with van der Waals surface area (Å²) in [4.78, 5) is 2.33. The fraction of sp³-hybridized carbons (Fsp3) is 0.0833. The van der Waals surface area contributed by atoms with Crippen LogP contribution >= 0.6 is 22.9 Å². The minimum atomic E-state index is -0.139. The molecule has 0 saturated carbocycles. The van der Waals surface area contributed by atoms with Crippen molar-refractivity contribution < 1.29 is 21.5 Å². The van der Waals surface area contributed by atoms with E-state index in [1.54, 1.807) is 0 Å². The van der Waals surface area contributed by atoms with E-state index in [0.717, 1.165) is 5.22 Å². The van der Waals surface area contributed by atoms with Gasteiger partial charge in [-0.2, -0.15) is 0 Å². The number of aryl methyl sites for hydroxylation is 1. The van der Waals surface area contributed by atoms with Gasteiger partial charge in [0.1, 0.15) is 0 Å². The van der Waals surface area contributed by atoms with E-state index < -0.39 is 0 Å². The number of alkyl halides is 1. The van der Waals surface area contributed by atoms with Gasteiger partial charge < -0.3 is 0 Å². The van der Waals surface area contributed by atoms with E-state index in [0.29, 0.717) is 0 Å². The molecule has 0 atom stereocenters. The van der Waals surface area contributed by atoms with Crippen LogP contribution in [0.15, 0.2) is 60.7 Å². The Kier molecular flexibility index (Phi) is 4.50. The molecule has 0 aliphatic heterocycles. The van der Waals surface area contributed by atoms with E-state index in [1.807, 2.05) is 0 Å². The molecule has 0 bridgehead atoms. The Morgan fingerprint density at radius 1 is 0.929 bits per heavy atom. The Hall–Kier alpha value is -1.80. The average Bonchev–Trinajstić information content (AvgIpc) is 3.14. The van der Waals surface area contributed by atoms with Gasteiger partial charge in [0.05, 0.1) is 0 Å². The third-order valence-corrected chi connectivity index (χ3v) is 8.54. The minimum absolute atomic E-state index is 0.139. The van der Waals surface area contributed by atoms with Crippen LogP contribution in [-0.4, -0.2) is 10.5 Å². The van der Waals surface area contributed by atoms with Crippen molar-refractivity contribution in [3.8, 4) is 0 Å². The fourth-order valence-electron chi connectivity index (χ4n) is 4.13. The standard InChI is InChI=1S/C24H19I2N2/c1-15-18-9-6-7-11-20(18)27(25)22(15)14-23-16(2)24-19-10-5-4-8-17(19)12-13-21(24)28(23)26-3/h4-14H,1H2,2-3H3/q-1/b22-14+. The Morgan fingerprint density at radius 3 is 2.39 bits per heavy atom. The predicted octanol–water partition coefficient (Wildman–Crippen LogP) is 1.98. The first kappa shape index (κ1) is 18.2. The second-order valence-electron chi connectivity index (χ2n) is 6.95. The number of rotatable bonds is 2. The molecule has 0 radical (unpaired) electrons. The van der Waals surface area contributed by atoms with Crippen molar-refractivity contribution in [1.82, 2.24) is 5.56 Å². The molecule has 28 heavy (non-hydrogen) atoms. The van der Waals surface area contributed by atoms with E-state index in [1.165, 1.54) is 49.2 Å². The summed E-state index contributed by atoms with van der Waals surface area (Å²) in [6.07, 6.45) is 2.34. The van der Waals surface area contributed by atoms with Crippen molar-refractivity contribution in [1.29, 1.82) is 0 Å². The molecule has 2 nitrogen and oxygen atoms in total. The Bertz CT molecular complexity index is 1490. The molecule has 0 spiro atoms. The van der Waals surface area contributed by atoms with Gasteiger partial charge in [-0.1, -0.05) is 0 Å². The van der Waals surface area contributed by atoms with E-state index in [4.69, 9.17) is 0 Å². The molecule has 0 unspecified atom stereocenters. The number of benzene rings is 3. The zero-order valence-corrected chi connectivity index (χ0v) is 20.0. The summed E-state index contributed by atoms with van der Waals surface area (Å²) in [6, 6.07) is 21.7. The van der Waals surface area contributed by atoms with Crippen LogP contribution in [0.2, 0.25) is 0 Å². The summed E-state index contributed by atoms with van der Waals surface area (Å²) < 4.78 is 4.77. The van der Waals surface area contributed by atoms with Crippen molar-refractivity contribution in [2.24, 2.45) is 0 Å². The average molecular weight is 589 g/mol. The van der Waals surface area contributed by atoms with Crippen molar-refractivity contribution in [3.05, 3.63) is 82.5 Å². The SMILES string of the molecule is C=c1/c(=C\c2c(C)c3c4ccccc4ccc3n2[I-]C)n(I)c2ccccc12. The monoisotopic (exact) mass is 589 g/mol. The molecular weight excluding hydrogens is 570 g/mol. The summed E-state index contributed by atoms with van der Waals surface area (Å²) >= 11 is 2.26.